The molecule has 0 radical (unpaired) electrons. The third-order valence-electron chi connectivity index (χ3n) is 12.0. The maximum Gasteiger partial charge on any atom is 0.472 e. The lowest BCUT2D eigenvalue weighted by atomic mass is 10.1. The van der Waals surface area contributed by atoms with Gasteiger partial charge >= 0.3 is 33.4 Å². The van der Waals surface area contributed by atoms with Crippen molar-refractivity contribution in [2.75, 3.05) is 42.9 Å². The number of hydrogen-bond donors (Lipinski definition) is 8. The van der Waals surface area contributed by atoms with Crippen LogP contribution in [0.4, 0.5) is 26.5 Å². The van der Waals surface area contributed by atoms with Gasteiger partial charge in [-0.25, -0.2) is 42.9 Å². The van der Waals surface area contributed by atoms with E-state index in [-0.39, 0.29) is 48.3 Å². The van der Waals surface area contributed by atoms with Crippen LogP contribution in [0.15, 0.2) is 78.2 Å². The van der Waals surface area contributed by atoms with Crippen LogP contribution in [0.25, 0.3) is 11.2 Å². The van der Waals surface area contributed by atoms with Gasteiger partial charge in [0.15, 0.2) is 41.4 Å². The fourth-order valence-corrected chi connectivity index (χ4v) is 9.90. The summed E-state index contributed by atoms with van der Waals surface area (Å²) in [6.07, 6.45) is -10.9. The van der Waals surface area contributed by atoms with Crippen molar-refractivity contribution >= 4 is 79.0 Å². The number of aliphatic hydroxyl groups excluding tert-OH is 1. The summed E-state index contributed by atoms with van der Waals surface area (Å²) in [7, 11) is -10.8. The molecule has 2 amide bonds. The second-order valence-corrected chi connectivity index (χ2v) is 20.9. The lowest BCUT2D eigenvalue weighted by Gasteiger charge is -2.29. The Kier molecular flexibility index (Phi) is 18.7. The van der Waals surface area contributed by atoms with Crippen LogP contribution in [0.3, 0.4) is 0 Å². The van der Waals surface area contributed by atoms with Gasteiger partial charge in [-0.05, 0) is 54.1 Å². The molecule has 34 heteroatoms. The molecule has 0 aliphatic carbocycles. The summed E-state index contributed by atoms with van der Waals surface area (Å²) in [5.41, 5.74) is 12.2. The lowest BCUT2D eigenvalue weighted by molar-refractivity contribution is -0.181. The predicted molar refractivity (Wildman–Crippen MR) is 264 cm³/mol. The van der Waals surface area contributed by atoms with E-state index in [4.69, 9.17) is 48.9 Å². The van der Waals surface area contributed by atoms with Crippen molar-refractivity contribution in [2.24, 2.45) is 0 Å². The number of thioether (sulfide) groups is 1. The number of hydrogen-bond acceptors (Lipinski definition) is 24. The van der Waals surface area contributed by atoms with E-state index in [2.05, 4.69) is 35.1 Å². The minimum absolute atomic E-state index is 0.0194. The highest BCUT2D eigenvalue weighted by Gasteiger charge is 2.54. The molecule has 420 valence electrons. The van der Waals surface area contributed by atoms with Gasteiger partial charge in [-0.2, -0.15) is 4.98 Å². The maximum atomic E-state index is 14.1. The molecule has 3 aromatic heterocycles. The fourth-order valence-electron chi connectivity index (χ4n) is 8.27. The zero-order valence-electron chi connectivity index (χ0n) is 40.7. The predicted octanol–water partition coefficient (Wildman–Crippen LogP) is 1.34. The zero-order valence-corrected chi connectivity index (χ0v) is 43.3. The van der Waals surface area contributed by atoms with E-state index in [1.807, 2.05) is 0 Å². The van der Waals surface area contributed by atoms with Crippen molar-refractivity contribution in [3.05, 3.63) is 101 Å². The van der Waals surface area contributed by atoms with E-state index in [1.165, 1.54) is 53.3 Å². The van der Waals surface area contributed by atoms with Crippen molar-refractivity contribution in [3.63, 3.8) is 0 Å². The van der Waals surface area contributed by atoms with Gasteiger partial charge in [0.05, 0.1) is 26.0 Å². The van der Waals surface area contributed by atoms with E-state index >= 15 is 0 Å². The molecule has 0 saturated carbocycles. The molecule has 3 fully saturated rings. The number of alkyl carbamates (subject to hydrolysis) is 1. The third kappa shape index (κ3) is 14.9. The minimum Gasteiger partial charge on any atom is -0.455 e. The molecule has 30 nitrogen and oxygen atoms in total. The zero-order chi connectivity index (χ0) is 55.9. The van der Waals surface area contributed by atoms with Gasteiger partial charge in [-0.1, -0.05) is 36.0 Å². The molecule has 2 aromatic carbocycles. The van der Waals surface area contributed by atoms with Crippen LogP contribution in [0.2, 0.25) is 0 Å². The number of ether oxygens (including phenoxy) is 6. The number of phosphoric acid groups is 2. The summed E-state index contributed by atoms with van der Waals surface area (Å²) in [5.74, 6) is -2.37. The number of anilines is 3. The Bertz CT molecular complexity index is 3120. The number of carbonyl (C=O) groups is 4. The normalized spacial score (nSPS) is 24.4. The average molecular weight is 1150 g/mol. The first kappa shape index (κ1) is 57.8. The van der Waals surface area contributed by atoms with Gasteiger partial charge < -0.3 is 70.3 Å². The highest BCUT2D eigenvalue weighted by molar-refractivity contribution is 8.13. The summed E-state index contributed by atoms with van der Waals surface area (Å²) in [6, 6.07) is 11.1. The van der Waals surface area contributed by atoms with E-state index in [9.17, 15) is 57.3 Å². The number of fused-ring (bicyclic) bond motifs is 1. The maximum absolute atomic E-state index is 14.1. The number of imidazole rings is 1. The number of halogens is 1. The van der Waals surface area contributed by atoms with Crippen molar-refractivity contribution in [3.8, 4) is 0 Å². The Morgan fingerprint density at radius 2 is 1.62 bits per heavy atom. The molecule has 3 aliphatic heterocycles. The summed E-state index contributed by atoms with van der Waals surface area (Å²) < 4.78 is 91.8. The summed E-state index contributed by atoms with van der Waals surface area (Å²) in [4.78, 5) is 112. The van der Waals surface area contributed by atoms with E-state index in [1.54, 1.807) is 12.1 Å². The molecule has 8 rings (SSSR count). The first-order chi connectivity index (χ1) is 37.1. The molecular weight excluding hydrogens is 1100 g/mol. The summed E-state index contributed by atoms with van der Waals surface area (Å²) >= 11 is 0.716. The average Bonchev–Trinajstić information content (AvgIpc) is 4.21. The van der Waals surface area contributed by atoms with Gasteiger partial charge in [-0.15, -0.1) is 0 Å². The Balaban J connectivity index is 0.986. The smallest absolute Gasteiger partial charge is 0.455 e. The van der Waals surface area contributed by atoms with E-state index in [0.717, 1.165) is 23.4 Å². The highest BCUT2D eigenvalue weighted by Crippen LogP contribution is 2.51. The Morgan fingerprint density at radius 3 is 2.31 bits per heavy atom. The van der Waals surface area contributed by atoms with Crippen LogP contribution in [-0.2, 0) is 78.5 Å². The number of rotatable bonds is 22. The number of aromatic nitrogens is 6. The molecule has 3 aliphatic rings. The second-order valence-electron chi connectivity index (χ2n) is 17.4. The molecule has 0 bridgehead atoms. The minimum atomic E-state index is -5.52. The van der Waals surface area contributed by atoms with E-state index in [0.29, 0.717) is 41.4 Å². The fraction of sp³-hybridized carbons (Fsp3) is 0.432. The number of benzene rings is 2. The van der Waals surface area contributed by atoms with Crippen molar-refractivity contribution in [1.82, 2.24) is 34.4 Å². The first-order valence-corrected chi connectivity index (χ1v) is 27.6. The van der Waals surface area contributed by atoms with Crippen LogP contribution in [0.5, 0.6) is 0 Å². The number of nitrogens with two attached hydrogens (primary N) is 2. The summed E-state index contributed by atoms with van der Waals surface area (Å²) in [6.45, 7) is -2.17. The van der Waals surface area contributed by atoms with Crippen LogP contribution in [0, 0.1) is 5.82 Å². The molecule has 0 spiro atoms. The highest BCUT2D eigenvalue weighted by atomic mass is 32.2. The molecule has 3 saturated heterocycles. The number of nitrogens with zero attached hydrogens (tertiary/aromatic N) is 6. The number of nitrogen functional groups attached to an aromatic ring is 2. The Labute approximate surface area is 444 Å². The molecule has 10 N–H and O–H groups in total. The number of phosphoric ester groups is 2. The lowest BCUT2D eigenvalue weighted by Crippen LogP contribution is -2.47. The molecular formula is C44H51FN10O20P2S. The molecule has 5 aromatic rings. The summed E-state index contributed by atoms with van der Waals surface area (Å²) in [5, 5.41) is 16.2. The van der Waals surface area contributed by atoms with Gasteiger partial charge in [0.2, 0.25) is 5.91 Å². The number of carbonyl (C=O) groups excluding carboxylic acids is 4. The van der Waals surface area contributed by atoms with E-state index < -0.39 is 125 Å². The molecule has 78 heavy (non-hydrogen) atoms. The molecule has 2 unspecified atom stereocenters. The topological polar surface area (TPSA) is 421 Å². The van der Waals surface area contributed by atoms with Gasteiger partial charge in [0.1, 0.15) is 66.6 Å². The number of amides is 2. The van der Waals surface area contributed by atoms with Gasteiger partial charge in [0.25, 0.3) is 0 Å². The second kappa shape index (κ2) is 25.2. The quantitative estimate of drug-likeness (QED) is 0.0358. The first-order valence-electron chi connectivity index (χ1n) is 23.4. The van der Waals surface area contributed by atoms with Crippen LogP contribution in [0.1, 0.15) is 42.8 Å². The van der Waals surface area contributed by atoms with Crippen LogP contribution in [-0.4, -0.2) is 147 Å². The van der Waals surface area contributed by atoms with Crippen molar-refractivity contribution < 1.29 is 94.5 Å². The standard InChI is InChI=1S/C44H51FN10O20P2S/c1-78-31(57)16-26(52-44(61)68-17-23-6-10-25(11-7-23)51-30(56)15-22-4-8-24(45)9-5-22)42(59)74-35-27(71-40(34(35)58)55-21-50-33-38(47)48-20-49-39(33)55)19-70-77(65,66)75-36-28(18-69-76(62,63)64)72-41(37(36)73-32-3-2-14-67-32)54-13-12-29(46)53-43(54)60/h4-13,20-21,26-28,32,34-37,40-41,58H,2-3,14-19H2,1H3,(H,51,56)(H,52,61)(H,65,66)(H2,46,53,60)(H2,47,48,49)(H2,62,63,64)/t26-,27+,28+,32?,34+,35+,36+,37+,40+,41+/m0/s1. The van der Waals surface area contributed by atoms with Crippen molar-refractivity contribution in [2.45, 2.75) is 93.7 Å². The third-order valence-corrected chi connectivity index (χ3v) is 14.0. The van der Waals surface area contributed by atoms with Gasteiger partial charge in [-0.3, -0.25) is 32.3 Å². The SMILES string of the molecule is CSC(=O)C[C@H](NC(=O)OCc1ccc(NC(=O)Cc2ccc(F)cc2)cc1)C(=O)O[C@H]1[C@@H](O)[C@H](n2cnc3c(N)ncnc32)O[C@@H]1COP(=O)(O)O[C@H]1[C@@H](OC2CCCO2)[C@H](n2ccc(N)nc2=O)O[C@@H]1COP(=O)(O)O. The Morgan fingerprint density at radius 1 is 0.910 bits per heavy atom. The monoisotopic (exact) mass is 1150 g/mol. The largest absolute Gasteiger partial charge is 0.472 e. The number of esters is 1. The van der Waals surface area contributed by atoms with Crippen molar-refractivity contribution in [1.29, 1.82) is 0 Å². The molecule has 6 heterocycles. The Hall–Kier alpha value is -6.35. The molecule has 11 atom stereocenters. The van der Waals surface area contributed by atoms with Crippen LogP contribution < -0.4 is 27.8 Å². The van der Waals surface area contributed by atoms with Gasteiger partial charge in [0, 0.05) is 31.3 Å². The number of nitrogens with one attached hydrogen (secondary N) is 2. The number of aliphatic hydroxyl groups is 1. The van der Waals surface area contributed by atoms with Crippen LogP contribution >= 0.6 is 27.4 Å².